The average molecular weight is 423 g/mol. The fraction of sp³-hybridized carbons (Fsp3) is 0.417. The van der Waals surface area contributed by atoms with Crippen molar-refractivity contribution in [3.63, 3.8) is 0 Å². The Labute approximate surface area is 181 Å². The van der Waals surface area contributed by atoms with Gasteiger partial charge in [-0.1, -0.05) is 57.7 Å². The lowest BCUT2D eigenvalue weighted by Gasteiger charge is -2.33. The highest BCUT2D eigenvalue weighted by Gasteiger charge is 2.32. The number of aromatic nitrogens is 2. The molecule has 158 valence electrons. The maximum Gasteiger partial charge on any atom is 0.264 e. The second kappa shape index (κ2) is 7.91. The van der Waals surface area contributed by atoms with Gasteiger partial charge in [-0.25, -0.2) is 4.98 Å². The Hall–Kier alpha value is -2.60. The predicted octanol–water partition coefficient (Wildman–Crippen LogP) is 5.11. The van der Waals surface area contributed by atoms with Crippen molar-refractivity contribution in [2.45, 2.75) is 53.5 Å². The summed E-state index contributed by atoms with van der Waals surface area (Å²) in [7, 11) is 0. The summed E-state index contributed by atoms with van der Waals surface area (Å²) in [5.41, 5.74) is 9.44. The molecule has 0 bridgehead atoms. The molecule has 30 heavy (non-hydrogen) atoms. The molecule has 6 heteroatoms. The lowest BCUT2D eigenvalue weighted by atomic mass is 9.72. The first-order valence-corrected chi connectivity index (χ1v) is 11.3. The lowest BCUT2D eigenvalue weighted by molar-refractivity contribution is 0.218. The van der Waals surface area contributed by atoms with Crippen LogP contribution in [-0.2, 0) is 19.4 Å². The molecule has 5 nitrogen and oxygen atoms in total. The van der Waals surface area contributed by atoms with Gasteiger partial charge in [-0.15, -0.1) is 11.3 Å². The zero-order valence-electron chi connectivity index (χ0n) is 18.2. The van der Waals surface area contributed by atoms with Gasteiger partial charge in [0.25, 0.3) is 5.56 Å². The van der Waals surface area contributed by atoms with Crippen LogP contribution in [0.1, 0.15) is 50.1 Å². The smallest absolute Gasteiger partial charge is 0.264 e. The molecule has 1 aliphatic rings. The number of aryl methyl sites for hydroxylation is 1. The Balaban J connectivity index is 1.82. The maximum absolute atomic E-state index is 13.6. The largest absolute Gasteiger partial charge is 0.303 e. The molecular weight excluding hydrogens is 392 g/mol. The number of nitrogens with one attached hydrogen (secondary N) is 2. The van der Waals surface area contributed by atoms with Crippen molar-refractivity contribution in [3.8, 4) is 0 Å². The van der Waals surface area contributed by atoms with Gasteiger partial charge < -0.3 is 5.43 Å². The second-order valence-corrected chi connectivity index (χ2v) is 10.4. The SMILES string of the molecule is C=C(C)NNc1nc2sc3c(c2c(=O)n1Cc1ccccc1)CC[C@H](C(C)(C)C)C3. The van der Waals surface area contributed by atoms with Crippen LogP contribution in [0.2, 0.25) is 0 Å². The molecule has 1 aliphatic carbocycles. The molecule has 1 atom stereocenters. The molecular formula is C24H30N4OS. The van der Waals surface area contributed by atoms with E-state index in [1.54, 1.807) is 15.9 Å². The molecule has 1 aromatic carbocycles. The van der Waals surface area contributed by atoms with Gasteiger partial charge in [0.15, 0.2) is 0 Å². The zero-order chi connectivity index (χ0) is 21.5. The summed E-state index contributed by atoms with van der Waals surface area (Å²) in [6.45, 7) is 13.1. The van der Waals surface area contributed by atoms with Gasteiger partial charge in [0.05, 0.1) is 11.9 Å². The van der Waals surface area contributed by atoms with E-state index in [1.165, 1.54) is 10.4 Å². The van der Waals surface area contributed by atoms with E-state index in [0.717, 1.165) is 40.7 Å². The van der Waals surface area contributed by atoms with Crippen molar-refractivity contribution >= 4 is 27.5 Å². The monoisotopic (exact) mass is 422 g/mol. The summed E-state index contributed by atoms with van der Waals surface area (Å²) < 4.78 is 1.73. The van der Waals surface area contributed by atoms with Crippen molar-refractivity contribution in [1.82, 2.24) is 15.0 Å². The van der Waals surface area contributed by atoms with Crippen molar-refractivity contribution < 1.29 is 0 Å². The summed E-state index contributed by atoms with van der Waals surface area (Å²) in [6.07, 6.45) is 3.11. The first-order valence-electron chi connectivity index (χ1n) is 10.5. The maximum atomic E-state index is 13.6. The van der Waals surface area contributed by atoms with Gasteiger partial charge >= 0.3 is 0 Å². The van der Waals surface area contributed by atoms with Crippen molar-refractivity contribution in [2.75, 3.05) is 5.43 Å². The van der Waals surface area contributed by atoms with E-state index in [2.05, 4.69) is 38.2 Å². The highest BCUT2D eigenvalue weighted by Crippen LogP contribution is 2.42. The Morgan fingerprint density at radius 2 is 2.03 bits per heavy atom. The molecule has 2 N–H and O–H groups in total. The number of rotatable bonds is 5. The van der Waals surface area contributed by atoms with Crippen LogP contribution >= 0.6 is 11.3 Å². The minimum atomic E-state index is 0.0292. The quantitative estimate of drug-likeness (QED) is 0.561. The van der Waals surface area contributed by atoms with Crippen LogP contribution in [0.15, 0.2) is 47.4 Å². The molecule has 0 saturated carbocycles. The fourth-order valence-corrected chi connectivity index (χ4v) is 5.46. The Morgan fingerprint density at radius 3 is 2.70 bits per heavy atom. The van der Waals surface area contributed by atoms with E-state index < -0.39 is 0 Å². The molecule has 3 aromatic rings. The van der Waals surface area contributed by atoms with Crippen molar-refractivity contribution in [3.05, 3.63) is 69.0 Å². The topological polar surface area (TPSA) is 59.0 Å². The second-order valence-electron chi connectivity index (χ2n) is 9.33. The standard InChI is InChI=1S/C24H30N4OS/c1-15(2)26-27-23-25-21-20(22(29)28(23)14-16-9-7-6-8-10-16)18-12-11-17(24(3,4)5)13-19(18)30-21/h6-10,17,26H,1,11-14H2,2-5H3,(H,25,27)/t17-/m0/s1. The third kappa shape index (κ3) is 4.01. The number of thiophene rings is 1. The van der Waals surface area contributed by atoms with E-state index >= 15 is 0 Å². The van der Waals surface area contributed by atoms with Crippen LogP contribution in [0.3, 0.4) is 0 Å². The van der Waals surface area contributed by atoms with Gasteiger partial charge in [-0.2, -0.15) is 0 Å². The molecule has 0 fully saturated rings. The lowest BCUT2D eigenvalue weighted by Crippen LogP contribution is -2.30. The van der Waals surface area contributed by atoms with Crippen LogP contribution in [-0.4, -0.2) is 9.55 Å². The molecule has 0 radical (unpaired) electrons. The van der Waals surface area contributed by atoms with Gasteiger partial charge in [-0.05, 0) is 48.6 Å². The van der Waals surface area contributed by atoms with Gasteiger partial charge in [-0.3, -0.25) is 14.8 Å². The predicted molar refractivity (Wildman–Crippen MR) is 126 cm³/mol. The summed E-state index contributed by atoms with van der Waals surface area (Å²) in [6, 6.07) is 10.0. The third-order valence-electron chi connectivity index (χ3n) is 5.96. The molecule has 0 amide bonds. The Kier molecular flexibility index (Phi) is 5.45. The van der Waals surface area contributed by atoms with Crippen LogP contribution in [0, 0.1) is 11.3 Å². The number of benzene rings is 1. The highest BCUT2D eigenvalue weighted by molar-refractivity contribution is 7.18. The summed E-state index contributed by atoms with van der Waals surface area (Å²) in [5.74, 6) is 1.15. The number of allylic oxidation sites excluding steroid dienone is 1. The first kappa shape index (κ1) is 20.7. The van der Waals surface area contributed by atoms with E-state index in [1.807, 2.05) is 37.3 Å². The number of hydrogen-bond donors (Lipinski definition) is 2. The van der Waals surface area contributed by atoms with Crippen molar-refractivity contribution in [1.29, 1.82) is 0 Å². The molecule has 0 spiro atoms. The normalized spacial score (nSPS) is 16.3. The molecule has 2 heterocycles. The number of hydrogen-bond acceptors (Lipinski definition) is 5. The average Bonchev–Trinajstić information content (AvgIpc) is 3.06. The Morgan fingerprint density at radius 1 is 1.30 bits per heavy atom. The summed E-state index contributed by atoms with van der Waals surface area (Å²) in [5, 5.41) is 0.805. The Bertz CT molecular complexity index is 1140. The third-order valence-corrected chi connectivity index (χ3v) is 7.11. The van der Waals surface area contributed by atoms with E-state index in [-0.39, 0.29) is 11.0 Å². The molecule has 2 aromatic heterocycles. The van der Waals surface area contributed by atoms with Gasteiger partial charge in [0.1, 0.15) is 4.83 Å². The van der Waals surface area contributed by atoms with Crippen LogP contribution in [0.4, 0.5) is 5.95 Å². The summed E-state index contributed by atoms with van der Waals surface area (Å²) in [4.78, 5) is 20.7. The van der Waals surface area contributed by atoms with E-state index in [4.69, 9.17) is 4.98 Å². The number of anilines is 1. The highest BCUT2D eigenvalue weighted by atomic mass is 32.1. The molecule has 4 rings (SSSR count). The summed E-state index contributed by atoms with van der Waals surface area (Å²) >= 11 is 1.68. The number of nitrogens with zero attached hydrogens (tertiary/aromatic N) is 2. The van der Waals surface area contributed by atoms with Crippen LogP contribution in [0.5, 0.6) is 0 Å². The fourth-order valence-electron chi connectivity index (χ4n) is 4.17. The molecule has 0 unspecified atom stereocenters. The van der Waals surface area contributed by atoms with Crippen molar-refractivity contribution in [2.24, 2.45) is 11.3 Å². The molecule has 0 aliphatic heterocycles. The van der Waals surface area contributed by atoms with Crippen LogP contribution in [0.25, 0.3) is 10.2 Å². The van der Waals surface area contributed by atoms with Crippen LogP contribution < -0.4 is 16.4 Å². The number of hydrazine groups is 1. The number of fused-ring (bicyclic) bond motifs is 3. The zero-order valence-corrected chi connectivity index (χ0v) is 19.0. The van der Waals surface area contributed by atoms with Gasteiger partial charge in [0, 0.05) is 10.6 Å². The van der Waals surface area contributed by atoms with E-state index in [9.17, 15) is 4.79 Å². The molecule has 0 saturated heterocycles. The minimum absolute atomic E-state index is 0.0292. The van der Waals surface area contributed by atoms with E-state index in [0.29, 0.717) is 18.4 Å². The van der Waals surface area contributed by atoms with Gasteiger partial charge in [0.2, 0.25) is 5.95 Å². The first-order chi connectivity index (χ1) is 14.2. The minimum Gasteiger partial charge on any atom is -0.303 e.